The summed E-state index contributed by atoms with van der Waals surface area (Å²) in [6.07, 6.45) is 0. The largest absolute Gasteiger partial charge is 0.381 e. The molecule has 19 heavy (non-hydrogen) atoms. The van der Waals surface area contributed by atoms with E-state index in [-0.39, 0.29) is 0 Å². The van der Waals surface area contributed by atoms with Gasteiger partial charge in [-0.25, -0.2) is 0 Å². The van der Waals surface area contributed by atoms with E-state index in [0.29, 0.717) is 6.61 Å². The molecule has 2 aromatic rings. The molecule has 0 fully saturated rings. The van der Waals surface area contributed by atoms with Crippen LogP contribution < -0.4 is 5.32 Å². The molecule has 0 amide bonds. The minimum atomic E-state index is 0.671. The third-order valence-corrected chi connectivity index (χ3v) is 4.16. The molecule has 100 valence electrons. The molecule has 0 aromatic heterocycles. The zero-order chi connectivity index (χ0) is 13.7. The molecule has 0 heterocycles. The molecule has 2 rings (SSSR count). The highest BCUT2D eigenvalue weighted by molar-refractivity contribution is 14.1. The van der Waals surface area contributed by atoms with E-state index in [1.165, 1.54) is 20.3 Å². The summed E-state index contributed by atoms with van der Waals surface area (Å²) in [5.41, 5.74) is 4.96. The van der Waals surface area contributed by atoms with E-state index in [2.05, 4.69) is 77.3 Å². The third kappa shape index (κ3) is 4.21. The van der Waals surface area contributed by atoms with E-state index >= 15 is 0 Å². The third-order valence-electron chi connectivity index (χ3n) is 3.00. The van der Waals surface area contributed by atoms with E-state index in [4.69, 9.17) is 4.74 Å². The highest BCUT2D eigenvalue weighted by atomic mass is 127. The Morgan fingerprint density at radius 1 is 1.05 bits per heavy atom. The van der Waals surface area contributed by atoms with Gasteiger partial charge in [-0.05, 0) is 58.3 Å². The van der Waals surface area contributed by atoms with Crippen molar-refractivity contribution in [1.29, 1.82) is 0 Å². The monoisotopic (exact) mass is 367 g/mol. The van der Waals surface area contributed by atoms with Gasteiger partial charge in [0.2, 0.25) is 0 Å². The van der Waals surface area contributed by atoms with E-state index in [9.17, 15) is 0 Å². The lowest BCUT2D eigenvalue weighted by molar-refractivity contribution is 0.185. The number of rotatable bonds is 5. The molecule has 0 saturated carbocycles. The first-order chi connectivity index (χ1) is 9.19. The molecule has 0 spiro atoms. The number of aryl methyl sites for hydroxylation is 1. The van der Waals surface area contributed by atoms with Gasteiger partial charge in [-0.2, -0.15) is 0 Å². The zero-order valence-electron chi connectivity index (χ0n) is 11.2. The lowest BCUT2D eigenvalue weighted by Crippen LogP contribution is -2.00. The predicted octanol–water partition coefficient (Wildman–Crippen LogP) is 4.36. The van der Waals surface area contributed by atoms with Crippen LogP contribution in [0.3, 0.4) is 0 Å². The summed E-state index contributed by atoms with van der Waals surface area (Å²) < 4.78 is 6.39. The minimum absolute atomic E-state index is 0.671. The van der Waals surface area contributed by atoms with Crippen LogP contribution in [-0.2, 0) is 17.9 Å². The SMILES string of the molecule is COCc1ccc(CNc2ccc(C)c(I)c2)cc1. The van der Waals surface area contributed by atoms with Gasteiger partial charge in [-0.1, -0.05) is 30.3 Å². The van der Waals surface area contributed by atoms with Crippen LogP contribution >= 0.6 is 22.6 Å². The Balaban J connectivity index is 1.96. The normalized spacial score (nSPS) is 10.5. The number of methoxy groups -OCH3 is 1. The Morgan fingerprint density at radius 3 is 2.37 bits per heavy atom. The average Bonchev–Trinajstić information content (AvgIpc) is 2.42. The Bertz CT molecular complexity index is 537. The Hall–Kier alpha value is -1.07. The van der Waals surface area contributed by atoms with E-state index < -0.39 is 0 Å². The first-order valence-electron chi connectivity index (χ1n) is 6.26. The molecule has 0 aliphatic heterocycles. The topological polar surface area (TPSA) is 21.3 Å². The second-order valence-corrected chi connectivity index (χ2v) is 5.73. The number of nitrogens with one attached hydrogen (secondary N) is 1. The van der Waals surface area contributed by atoms with Crippen LogP contribution in [-0.4, -0.2) is 7.11 Å². The number of anilines is 1. The maximum atomic E-state index is 5.10. The summed E-state index contributed by atoms with van der Waals surface area (Å²) in [5.74, 6) is 0. The number of ether oxygens (including phenoxy) is 1. The predicted molar refractivity (Wildman–Crippen MR) is 88.4 cm³/mol. The van der Waals surface area contributed by atoms with Crippen LogP contribution in [0.1, 0.15) is 16.7 Å². The number of hydrogen-bond donors (Lipinski definition) is 1. The number of benzene rings is 2. The Morgan fingerprint density at radius 2 is 1.74 bits per heavy atom. The van der Waals surface area contributed by atoms with E-state index in [0.717, 1.165) is 12.2 Å². The fourth-order valence-electron chi connectivity index (χ4n) is 1.83. The van der Waals surface area contributed by atoms with Gasteiger partial charge in [-0.15, -0.1) is 0 Å². The Labute approximate surface area is 128 Å². The highest BCUT2D eigenvalue weighted by Crippen LogP contribution is 2.18. The summed E-state index contributed by atoms with van der Waals surface area (Å²) in [4.78, 5) is 0. The molecule has 0 radical (unpaired) electrons. The fraction of sp³-hybridized carbons (Fsp3) is 0.250. The molecule has 0 aliphatic carbocycles. The quantitative estimate of drug-likeness (QED) is 0.793. The average molecular weight is 367 g/mol. The molecule has 3 heteroatoms. The summed E-state index contributed by atoms with van der Waals surface area (Å²) in [6.45, 7) is 3.64. The van der Waals surface area contributed by atoms with Gasteiger partial charge in [0.25, 0.3) is 0 Å². The molecule has 2 aromatic carbocycles. The summed E-state index contributed by atoms with van der Waals surface area (Å²) in [6, 6.07) is 14.9. The molecule has 0 unspecified atom stereocenters. The first kappa shape index (κ1) is 14.3. The van der Waals surface area contributed by atoms with Gasteiger partial charge < -0.3 is 10.1 Å². The Kier molecular flexibility index (Phi) is 5.22. The van der Waals surface area contributed by atoms with Crippen LogP contribution in [0.15, 0.2) is 42.5 Å². The van der Waals surface area contributed by atoms with E-state index in [1.54, 1.807) is 7.11 Å². The maximum absolute atomic E-state index is 5.10. The van der Waals surface area contributed by atoms with Crippen LogP contribution in [0.5, 0.6) is 0 Å². The standard InChI is InChI=1S/C16H18INO/c1-12-3-8-15(9-16(12)17)18-10-13-4-6-14(7-5-13)11-19-2/h3-9,18H,10-11H2,1-2H3. The van der Waals surface area contributed by atoms with Crippen molar-refractivity contribution in [1.82, 2.24) is 0 Å². The van der Waals surface area contributed by atoms with Crippen LogP contribution in [0.2, 0.25) is 0 Å². The molecule has 2 nitrogen and oxygen atoms in total. The van der Waals surface area contributed by atoms with Gasteiger partial charge in [-0.3, -0.25) is 0 Å². The molecular formula is C16H18INO. The molecule has 1 N–H and O–H groups in total. The zero-order valence-corrected chi connectivity index (χ0v) is 13.4. The number of halogens is 1. The lowest BCUT2D eigenvalue weighted by atomic mass is 10.1. The minimum Gasteiger partial charge on any atom is -0.381 e. The van der Waals surface area contributed by atoms with Crippen molar-refractivity contribution in [2.75, 3.05) is 12.4 Å². The molecule has 0 saturated heterocycles. The van der Waals surface area contributed by atoms with Crippen LogP contribution in [0.25, 0.3) is 0 Å². The van der Waals surface area contributed by atoms with Gasteiger partial charge in [0, 0.05) is 22.9 Å². The fourth-order valence-corrected chi connectivity index (χ4v) is 2.34. The van der Waals surface area contributed by atoms with Gasteiger partial charge >= 0.3 is 0 Å². The summed E-state index contributed by atoms with van der Waals surface area (Å²) in [7, 11) is 1.72. The number of hydrogen-bond acceptors (Lipinski definition) is 2. The van der Waals surface area contributed by atoms with Crippen molar-refractivity contribution < 1.29 is 4.74 Å². The summed E-state index contributed by atoms with van der Waals surface area (Å²) >= 11 is 2.36. The van der Waals surface area contributed by atoms with Gasteiger partial charge in [0.1, 0.15) is 0 Å². The van der Waals surface area contributed by atoms with Gasteiger partial charge in [0.15, 0.2) is 0 Å². The van der Waals surface area contributed by atoms with Gasteiger partial charge in [0.05, 0.1) is 6.61 Å². The van der Waals surface area contributed by atoms with Crippen molar-refractivity contribution in [2.24, 2.45) is 0 Å². The van der Waals surface area contributed by atoms with Crippen molar-refractivity contribution in [2.45, 2.75) is 20.1 Å². The molecular weight excluding hydrogens is 349 g/mol. The highest BCUT2D eigenvalue weighted by Gasteiger charge is 1.98. The maximum Gasteiger partial charge on any atom is 0.0713 e. The van der Waals surface area contributed by atoms with E-state index in [1.807, 2.05) is 0 Å². The second-order valence-electron chi connectivity index (χ2n) is 4.57. The van der Waals surface area contributed by atoms with Crippen molar-refractivity contribution in [3.05, 3.63) is 62.7 Å². The van der Waals surface area contributed by atoms with Crippen molar-refractivity contribution in [3.8, 4) is 0 Å². The van der Waals surface area contributed by atoms with Crippen LogP contribution in [0.4, 0.5) is 5.69 Å². The molecule has 0 aliphatic rings. The summed E-state index contributed by atoms with van der Waals surface area (Å²) in [5, 5.41) is 3.44. The molecule has 0 atom stereocenters. The second kappa shape index (κ2) is 6.91. The van der Waals surface area contributed by atoms with Crippen molar-refractivity contribution in [3.63, 3.8) is 0 Å². The molecule has 0 bridgehead atoms. The lowest BCUT2D eigenvalue weighted by Gasteiger charge is -2.09. The first-order valence-corrected chi connectivity index (χ1v) is 7.33. The van der Waals surface area contributed by atoms with Crippen LogP contribution in [0, 0.1) is 10.5 Å². The smallest absolute Gasteiger partial charge is 0.0713 e. The van der Waals surface area contributed by atoms with Crippen molar-refractivity contribution >= 4 is 28.3 Å².